The van der Waals surface area contributed by atoms with Gasteiger partial charge in [-0.1, -0.05) is 0 Å². The number of carbonyl (C=O) groups excluding carboxylic acids is 4. The maximum Gasteiger partial charge on any atom is 0.433 e. The van der Waals surface area contributed by atoms with E-state index >= 15 is 0 Å². The van der Waals surface area contributed by atoms with Crippen molar-refractivity contribution in [1.29, 1.82) is 0 Å². The monoisotopic (exact) mass is 468 g/mol. The molecule has 2 aliphatic rings. The van der Waals surface area contributed by atoms with Crippen LogP contribution in [0.1, 0.15) is 33.8 Å². The van der Waals surface area contributed by atoms with Crippen molar-refractivity contribution >= 4 is 45.2 Å². The van der Waals surface area contributed by atoms with Crippen LogP contribution in [-0.2, 0) is 20.6 Å². The van der Waals surface area contributed by atoms with Crippen LogP contribution in [0.15, 0.2) is 12.1 Å². The number of carbonyl (C=O) groups is 4. The summed E-state index contributed by atoms with van der Waals surface area (Å²) in [6.07, 6.45) is -4.34. The Kier molecular flexibility index (Phi) is 5.65. The van der Waals surface area contributed by atoms with Gasteiger partial charge < -0.3 is 9.80 Å². The Hall–Kier alpha value is -3.02. The van der Waals surface area contributed by atoms with E-state index in [4.69, 9.17) is 0 Å². The summed E-state index contributed by atoms with van der Waals surface area (Å²) in [5.41, 5.74) is -0.437. The molecule has 0 bridgehead atoms. The van der Waals surface area contributed by atoms with E-state index in [9.17, 15) is 32.3 Å². The van der Waals surface area contributed by atoms with Gasteiger partial charge in [0, 0.05) is 44.4 Å². The maximum atomic E-state index is 13.0. The van der Waals surface area contributed by atoms with Gasteiger partial charge in [-0.2, -0.15) is 13.2 Å². The lowest BCUT2D eigenvalue weighted by Gasteiger charge is -2.35. The second kappa shape index (κ2) is 8.15. The van der Waals surface area contributed by atoms with Gasteiger partial charge in [0.1, 0.15) is 17.1 Å². The number of imide groups is 1. The molecule has 0 N–H and O–H groups in total. The minimum absolute atomic E-state index is 0.113. The lowest BCUT2D eigenvalue weighted by molar-refractivity contribution is -0.146. The van der Waals surface area contributed by atoms with Gasteiger partial charge in [-0.3, -0.25) is 24.1 Å². The van der Waals surface area contributed by atoms with Crippen LogP contribution in [0.4, 0.5) is 13.2 Å². The Morgan fingerprint density at radius 1 is 1.03 bits per heavy atom. The molecule has 2 aromatic rings. The molecule has 170 valence electrons. The van der Waals surface area contributed by atoms with Gasteiger partial charge in [-0.05, 0) is 24.6 Å². The number of nitrogens with zero attached hydrogens (tertiary/aromatic N) is 4. The number of alkyl halides is 3. The van der Waals surface area contributed by atoms with Gasteiger partial charge in [0.15, 0.2) is 0 Å². The number of halogens is 3. The molecule has 2 aliphatic heterocycles. The summed E-state index contributed by atoms with van der Waals surface area (Å²) in [5.74, 6) is -1.40. The highest BCUT2D eigenvalue weighted by atomic mass is 32.1. The van der Waals surface area contributed by atoms with Crippen LogP contribution in [-0.4, -0.2) is 76.0 Å². The van der Waals surface area contributed by atoms with E-state index in [1.807, 2.05) is 0 Å². The predicted molar refractivity (Wildman–Crippen MR) is 108 cm³/mol. The molecule has 0 spiro atoms. The molecule has 0 aromatic carbocycles. The summed E-state index contributed by atoms with van der Waals surface area (Å²) < 4.78 is 38.8. The zero-order valence-corrected chi connectivity index (χ0v) is 17.9. The third-order valence-electron chi connectivity index (χ3n) is 5.66. The van der Waals surface area contributed by atoms with Crippen LogP contribution in [0.3, 0.4) is 0 Å². The Morgan fingerprint density at radius 2 is 1.62 bits per heavy atom. The number of aryl methyl sites for hydroxylation is 1. The van der Waals surface area contributed by atoms with E-state index in [1.54, 1.807) is 11.8 Å². The molecule has 4 rings (SSSR count). The molecule has 0 unspecified atom stereocenters. The molecule has 32 heavy (non-hydrogen) atoms. The Balaban J connectivity index is 1.42. The zero-order chi connectivity index (χ0) is 23.2. The molecular weight excluding hydrogens is 449 g/mol. The summed E-state index contributed by atoms with van der Waals surface area (Å²) in [7, 11) is 0. The number of rotatable bonds is 3. The molecule has 0 radical (unpaired) electrons. The summed E-state index contributed by atoms with van der Waals surface area (Å²) in [6, 6.07) is 2.22. The first-order valence-corrected chi connectivity index (χ1v) is 10.8. The van der Waals surface area contributed by atoms with Crippen molar-refractivity contribution < 1.29 is 32.3 Å². The largest absolute Gasteiger partial charge is 0.433 e. The number of aromatic nitrogens is 1. The highest BCUT2D eigenvalue weighted by Crippen LogP contribution is 2.34. The van der Waals surface area contributed by atoms with E-state index in [0.717, 1.165) is 22.3 Å². The first-order valence-electron chi connectivity index (χ1n) is 9.94. The van der Waals surface area contributed by atoms with Crippen molar-refractivity contribution in [3.63, 3.8) is 0 Å². The normalized spacial score (nSPS) is 17.6. The van der Waals surface area contributed by atoms with Crippen LogP contribution in [0, 0.1) is 6.92 Å². The van der Waals surface area contributed by atoms with Crippen LogP contribution < -0.4 is 0 Å². The van der Waals surface area contributed by atoms with E-state index < -0.39 is 11.9 Å². The number of amides is 4. The fraction of sp³-hybridized carbons (Fsp3) is 0.450. The predicted octanol–water partition coefficient (Wildman–Crippen LogP) is 2.06. The average molecular weight is 468 g/mol. The molecule has 0 atom stereocenters. The maximum absolute atomic E-state index is 13.0. The van der Waals surface area contributed by atoms with E-state index in [1.165, 1.54) is 11.0 Å². The highest BCUT2D eigenvalue weighted by molar-refractivity contribution is 7.20. The van der Waals surface area contributed by atoms with Crippen LogP contribution in [0.2, 0.25) is 0 Å². The van der Waals surface area contributed by atoms with Crippen LogP contribution >= 0.6 is 11.3 Å². The second-order valence-corrected chi connectivity index (χ2v) is 8.65. The quantitative estimate of drug-likeness (QED) is 0.644. The second-order valence-electron chi connectivity index (χ2n) is 7.65. The number of thiophene rings is 1. The van der Waals surface area contributed by atoms with Crippen LogP contribution in [0.5, 0.6) is 0 Å². The van der Waals surface area contributed by atoms with Crippen molar-refractivity contribution in [3.05, 3.63) is 28.3 Å². The van der Waals surface area contributed by atoms with Crippen molar-refractivity contribution in [3.8, 4) is 0 Å². The Labute approximate surface area is 184 Å². The summed E-state index contributed by atoms with van der Waals surface area (Å²) in [6.45, 7) is 2.32. The van der Waals surface area contributed by atoms with Crippen molar-refractivity contribution in [1.82, 2.24) is 19.7 Å². The highest BCUT2D eigenvalue weighted by Gasteiger charge is 2.35. The SMILES string of the molecule is Cc1c(C(=O)N2CCN(C(=O)CN3C(=O)CCC3=O)CC2)sc2nc(C(F)(F)F)ccc12. The van der Waals surface area contributed by atoms with Gasteiger partial charge in [0.25, 0.3) is 5.91 Å². The molecule has 2 aromatic heterocycles. The lowest BCUT2D eigenvalue weighted by atomic mass is 10.1. The van der Waals surface area contributed by atoms with Gasteiger partial charge in [0.05, 0.1) is 4.88 Å². The number of hydrogen-bond acceptors (Lipinski definition) is 6. The van der Waals surface area contributed by atoms with Gasteiger partial charge in [-0.25, -0.2) is 4.98 Å². The molecular formula is C20H19F3N4O4S. The third-order valence-corrected chi connectivity index (χ3v) is 6.85. The van der Waals surface area contributed by atoms with Crippen molar-refractivity contribution in [2.45, 2.75) is 25.9 Å². The Morgan fingerprint density at radius 3 is 2.22 bits per heavy atom. The third kappa shape index (κ3) is 4.06. The standard InChI is InChI=1S/C20H19F3N4O4S/c1-11-12-2-3-13(20(21,22)23)24-18(12)32-17(11)19(31)26-8-6-25(7-9-26)16(30)10-27-14(28)4-5-15(27)29/h2-3H,4-10H2,1H3. The fourth-order valence-electron chi connectivity index (χ4n) is 3.80. The zero-order valence-electron chi connectivity index (χ0n) is 17.1. The first kappa shape index (κ1) is 22.2. The van der Waals surface area contributed by atoms with E-state index in [2.05, 4.69) is 4.98 Å². The van der Waals surface area contributed by atoms with Crippen molar-refractivity contribution in [2.24, 2.45) is 0 Å². The molecule has 4 amide bonds. The summed E-state index contributed by atoms with van der Waals surface area (Å²) in [5, 5.41) is 0.500. The number of fused-ring (bicyclic) bond motifs is 1. The summed E-state index contributed by atoms with van der Waals surface area (Å²) >= 11 is 0.920. The average Bonchev–Trinajstić information content (AvgIpc) is 3.26. The number of pyridine rings is 1. The molecule has 8 nitrogen and oxygen atoms in total. The Bertz CT molecular complexity index is 1110. The number of hydrogen-bond donors (Lipinski definition) is 0. The molecule has 2 fully saturated rings. The van der Waals surface area contributed by atoms with Gasteiger partial charge in [0.2, 0.25) is 17.7 Å². The summed E-state index contributed by atoms with van der Waals surface area (Å²) in [4.78, 5) is 57.0. The minimum atomic E-state index is -4.57. The lowest BCUT2D eigenvalue weighted by Crippen LogP contribution is -2.53. The molecule has 0 saturated carbocycles. The molecule has 0 aliphatic carbocycles. The van der Waals surface area contributed by atoms with Gasteiger partial charge >= 0.3 is 6.18 Å². The molecule has 2 saturated heterocycles. The topological polar surface area (TPSA) is 90.9 Å². The number of likely N-dealkylation sites (tertiary alicyclic amines) is 1. The van der Waals surface area contributed by atoms with E-state index in [-0.39, 0.29) is 74.0 Å². The minimum Gasteiger partial charge on any atom is -0.338 e. The van der Waals surface area contributed by atoms with Gasteiger partial charge in [-0.15, -0.1) is 11.3 Å². The molecule has 12 heteroatoms. The van der Waals surface area contributed by atoms with Crippen LogP contribution in [0.25, 0.3) is 10.2 Å². The fourth-order valence-corrected chi connectivity index (χ4v) is 4.95. The van der Waals surface area contributed by atoms with Crippen molar-refractivity contribution in [2.75, 3.05) is 32.7 Å². The van der Waals surface area contributed by atoms with E-state index in [0.29, 0.717) is 15.8 Å². The smallest absolute Gasteiger partial charge is 0.338 e. The molecule has 4 heterocycles. The number of piperazine rings is 1. The first-order chi connectivity index (χ1) is 15.1.